The van der Waals surface area contributed by atoms with E-state index in [1.807, 2.05) is 19.9 Å². The molecule has 0 aliphatic rings. The van der Waals surface area contributed by atoms with Crippen molar-refractivity contribution in [2.24, 2.45) is 0 Å². The van der Waals surface area contributed by atoms with Crippen LogP contribution in [0, 0.1) is 13.8 Å². The lowest BCUT2D eigenvalue weighted by Crippen LogP contribution is -2.28. The lowest BCUT2D eigenvalue weighted by Gasteiger charge is -2.13. The summed E-state index contributed by atoms with van der Waals surface area (Å²) in [7, 11) is -3.94. The molecule has 1 heterocycles. The van der Waals surface area contributed by atoms with Gasteiger partial charge < -0.3 is 14.8 Å². The Morgan fingerprint density at radius 2 is 1.90 bits per heavy atom. The molecule has 0 saturated heterocycles. The fourth-order valence-corrected chi connectivity index (χ4v) is 4.01. The third-order valence-corrected chi connectivity index (χ3v) is 6.29. The smallest absolute Gasteiger partial charge is 0.261 e. The van der Waals surface area contributed by atoms with Crippen LogP contribution in [0.25, 0.3) is 0 Å². The van der Waals surface area contributed by atoms with Gasteiger partial charge in [-0.05, 0) is 67.4 Å². The Kier molecular flexibility index (Phi) is 6.50. The molecule has 0 saturated carbocycles. The summed E-state index contributed by atoms with van der Waals surface area (Å²) in [5.74, 6) is -0.316. The van der Waals surface area contributed by atoms with E-state index in [0.29, 0.717) is 11.4 Å². The van der Waals surface area contributed by atoms with Gasteiger partial charge in [-0.3, -0.25) is 9.52 Å². The molecule has 1 unspecified atom stereocenters. The summed E-state index contributed by atoms with van der Waals surface area (Å²) < 4.78 is 33.1. The minimum atomic E-state index is -3.94. The summed E-state index contributed by atoms with van der Waals surface area (Å²) in [6.45, 7) is 3.69. The first-order valence-corrected chi connectivity index (χ1v) is 10.9. The first-order chi connectivity index (χ1) is 14.2. The number of hydrogen-bond donors (Lipinski definition) is 3. The minimum absolute atomic E-state index is 0.0220. The standard InChI is InChI=1S/C21H21ClN2O5S/c1-13-5-6-15(10-14(13)2)24-30(27,28)16-7-8-18(22)17(11-16)21(26)23-12-19(25)20-4-3-9-29-20/h3-11,19,24-25H,12H2,1-2H3,(H,23,26). The molecule has 158 valence electrons. The van der Waals surface area contributed by atoms with Crippen molar-refractivity contribution in [2.45, 2.75) is 24.8 Å². The maximum absolute atomic E-state index is 12.8. The Bertz CT molecular complexity index is 1160. The normalized spacial score (nSPS) is 12.4. The van der Waals surface area contributed by atoms with Crippen molar-refractivity contribution in [3.63, 3.8) is 0 Å². The van der Waals surface area contributed by atoms with Crippen LogP contribution in [0.3, 0.4) is 0 Å². The highest BCUT2D eigenvalue weighted by Crippen LogP contribution is 2.24. The van der Waals surface area contributed by atoms with Crippen LogP contribution in [0.4, 0.5) is 5.69 Å². The fourth-order valence-electron chi connectivity index (χ4n) is 2.73. The highest BCUT2D eigenvalue weighted by Gasteiger charge is 2.20. The molecular formula is C21H21ClN2O5S. The number of carbonyl (C=O) groups excluding carboxylic acids is 1. The molecule has 3 N–H and O–H groups in total. The first-order valence-electron chi connectivity index (χ1n) is 9.06. The van der Waals surface area contributed by atoms with Crippen LogP contribution in [0.2, 0.25) is 5.02 Å². The van der Waals surface area contributed by atoms with Crippen molar-refractivity contribution in [1.29, 1.82) is 0 Å². The summed E-state index contributed by atoms with van der Waals surface area (Å²) in [4.78, 5) is 12.4. The van der Waals surface area contributed by atoms with Gasteiger partial charge in [0, 0.05) is 5.69 Å². The average Bonchev–Trinajstić information content (AvgIpc) is 3.23. The zero-order valence-electron chi connectivity index (χ0n) is 16.3. The van der Waals surface area contributed by atoms with Crippen molar-refractivity contribution < 1.29 is 22.7 Å². The molecule has 0 radical (unpaired) electrons. The van der Waals surface area contributed by atoms with Crippen LogP contribution in [0.1, 0.15) is 33.3 Å². The summed E-state index contributed by atoms with van der Waals surface area (Å²) >= 11 is 6.10. The number of nitrogens with one attached hydrogen (secondary N) is 2. The molecule has 0 aliphatic carbocycles. The number of aliphatic hydroxyl groups excluding tert-OH is 1. The fraction of sp³-hybridized carbons (Fsp3) is 0.190. The van der Waals surface area contributed by atoms with Gasteiger partial charge in [-0.1, -0.05) is 17.7 Å². The number of furan rings is 1. The zero-order valence-corrected chi connectivity index (χ0v) is 17.9. The van der Waals surface area contributed by atoms with E-state index in [2.05, 4.69) is 10.0 Å². The maximum atomic E-state index is 12.8. The monoisotopic (exact) mass is 448 g/mol. The lowest BCUT2D eigenvalue weighted by atomic mass is 10.1. The molecule has 0 bridgehead atoms. The third-order valence-electron chi connectivity index (χ3n) is 4.58. The molecule has 0 spiro atoms. The average molecular weight is 449 g/mol. The largest absolute Gasteiger partial charge is 0.467 e. The van der Waals surface area contributed by atoms with Gasteiger partial charge in [-0.15, -0.1) is 0 Å². The van der Waals surface area contributed by atoms with E-state index >= 15 is 0 Å². The van der Waals surface area contributed by atoms with Gasteiger partial charge >= 0.3 is 0 Å². The zero-order chi connectivity index (χ0) is 21.9. The predicted molar refractivity (Wildman–Crippen MR) is 114 cm³/mol. The number of amides is 1. The van der Waals surface area contributed by atoms with Crippen LogP contribution in [-0.4, -0.2) is 26.0 Å². The highest BCUT2D eigenvalue weighted by molar-refractivity contribution is 7.92. The number of aliphatic hydroxyl groups is 1. The SMILES string of the molecule is Cc1ccc(NS(=O)(=O)c2ccc(Cl)c(C(=O)NCC(O)c3ccco3)c2)cc1C. The van der Waals surface area contributed by atoms with Gasteiger partial charge in [0.25, 0.3) is 15.9 Å². The molecule has 1 atom stereocenters. The van der Waals surface area contributed by atoms with Gasteiger partial charge in [-0.2, -0.15) is 0 Å². The van der Waals surface area contributed by atoms with E-state index in [0.717, 1.165) is 11.1 Å². The molecule has 9 heteroatoms. The Morgan fingerprint density at radius 1 is 1.13 bits per heavy atom. The van der Waals surface area contributed by atoms with E-state index in [9.17, 15) is 18.3 Å². The molecule has 1 amide bonds. The molecule has 30 heavy (non-hydrogen) atoms. The molecule has 1 aromatic heterocycles. The van der Waals surface area contributed by atoms with Gasteiger partial charge in [0.15, 0.2) is 0 Å². The Labute approximate surface area is 179 Å². The minimum Gasteiger partial charge on any atom is -0.467 e. The molecule has 0 aliphatic heterocycles. The topological polar surface area (TPSA) is 109 Å². The number of aryl methyl sites for hydroxylation is 2. The van der Waals surface area contributed by atoms with Crippen molar-refractivity contribution in [3.05, 3.63) is 82.3 Å². The first kappa shape index (κ1) is 21.9. The van der Waals surface area contributed by atoms with Crippen LogP contribution >= 0.6 is 11.6 Å². The van der Waals surface area contributed by atoms with E-state index in [4.69, 9.17) is 16.0 Å². The number of hydrogen-bond acceptors (Lipinski definition) is 5. The summed E-state index contributed by atoms with van der Waals surface area (Å²) in [5.41, 5.74) is 2.38. The summed E-state index contributed by atoms with van der Waals surface area (Å²) in [6, 6.07) is 12.3. The van der Waals surface area contributed by atoms with Crippen LogP contribution in [0.15, 0.2) is 64.1 Å². The highest BCUT2D eigenvalue weighted by atomic mass is 35.5. The molecular weight excluding hydrogens is 428 g/mol. The summed E-state index contributed by atoms with van der Waals surface area (Å²) in [5, 5.41) is 12.6. The quantitative estimate of drug-likeness (QED) is 0.509. The van der Waals surface area contributed by atoms with Gasteiger partial charge in [0.05, 0.1) is 28.3 Å². The number of rotatable bonds is 7. The second-order valence-electron chi connectivity index (χ2n) is 6.79. The molecule has 3 rings (SSSR count). The molecule has 0 fully saturated rings. The number of sulfonamides is 1. The Morgan fingerprint density at radius 3 is 2.57 bits per heavy atom. The number of benzene rings is 2. The second kappa shape index (κ2) is 8.91. The Hall–Kier alpha value is -2.81. The van der Waals surface area contributed by atoms with Crippen LogP contribution in [-0.2, 0) is 10.0 Å². The van der Waals surface area contributed by atoms with Gasteiger partial charge in [0.2, 0.25) is 0 Å². The van der Waals surface area contributed by atoms with E-state index in [1.165, 1.54) is 24.5 Å². The molecule has 2 aromatic carbocycles. The van der Waals surface area contributed by atoms with E-state index in [-0.39, 0.29) is 22.0 Å². The van der Waals surface area contributed by atoms with E-state index < -0.39 is 22.0 Å². The van der Waals surface area contributed by atoms with Crippen molar-refractivity contribution in [1.82, 2.24) is 5.32 Å². The van der Waals surface area contributed by atoms with Gasteiger partial charge in [0.1, 0.15) is 11.9 Å². The van der Waals surface area contributed by atoms with Crippen LogP contribution < -0.4 is 10.0 Å². The number of halogens is 1. The van der Waals surface area contributed by atoms with Crippen LogP contribution in [0.5, 0.6) is 0 Å². The number of carbonyl (C=O) groups is 1. The van der Waals surface area contributed by atoms with E-state index in [1.54, 1.807) is 24.3 Å². The molecule has 3 aromatic rings. The predicted octanol–water partition coefficient (Wildman–Crippen LogP) is 3.81. The lowest BCUT2D eigenvalue weighted by molar-refractivity contribution is 0.0901. The number of anilines is 1. The van der Waals surface area contributed by atoms with Crippen molar-refractivity contribution >= 4 is 33.2 Å². The van der Waals surface area contributed by atoms with Crippen molar-refractivity contribution in [3.8, 4) is 0 Å². The molecule has 7 nitrogen and oxygen atoms in total. The second-order valence-corrected chi connectivity index (χ2v) is 8.88. The Balaban J connectivity index is 1.77. The third kappa shape index (κ3) is 5.02. The van der Waals surface area contributed by atoms with Gasteiger partial charge in [-0.25, -0.2) is 8.42 Å². The summed E-state index contributed by atoms with van der Waals surface area (Å²) in [6.07, 6.45) is 0.370. The van der Waals surface area contributed by atoms with Crippen molar-refractivity contribution in [2.75, 3.05) is 11.3 Å². The maximum Gasteiger partial charge on any atom is 0.261 e.